The van der Waals surface area contributed by atoms with Crippen molar-refractivity contribution in [3.05, 3.63) is 18.0 Å². The van der Waals surface area contributed by atoms with Gasteiger partial charge in [-0.2, -0.15) is 16.9 Å². The zero-order valence-corrected chi connectivity index (χ0v) is 9.83. The molecule has 1 N–H and O–H groups in total. The molecule has 0 radical (unpaired) electrons. The van der Waals surface area contributed by atoms with Gasteiger partial charge in [0, 0.05) is 23.7 Å². The van der Waals surface area contributed by atoms with E-state index < -0.39 is 5.97 Å². The number of hydrogen-bond donors (Lipinski definition) is 1. The van der Waals surface area contributed by atoms with Gasteiger partial charge in [-0.25, -0.2) is 0 Å². The monoisotopic (exact) mass is 228 g/mol. The van der Waals surface area contributed by atoms with Crippen molar-refractivity contribution >= 4 is 17.7 Å². The molecule has 0 fully saturated rings. The molecule has 0 aliphatic carbocycles. The van der Waals surface area contributed by atoms with Crippen molar-refractivity contribution in [2.75, 3.05) is 0 Å². The van der Waals surface area contributed by atoms with Crippen molar-refractivity contribution in [3.8, 4) is 0 Å². The summed E-state index contributed by atoms with van der Waals surface area (Å²) in [6.07, 6.45) is 4.05. The van der Waals surface area contributed by atoms with Crippen LogP contribution >= 0.6 is 11.8 Å². The number of carboxylic acid groups (broad SMARTS) is 1. The Morgan fingerprint density at radius 3 is 3.00 bits per heavy atom. The smallest absolute Gasteiger partial charge is 0.304 e. The molecule has 0 aromatic carbocycles. The zero-order valence-electron chi connectivity index (χ0n) is 9.01. The summed E-state index contributed by atoms with van der Waals surface area (Å²) in [6.45, 7) is 4.84. The van der Waals surface area contributed by atoms with Crippen molar-refractivity contribution in [3.63, 3.8) is 0 Å². The fourth-order valence-corrected chi connectivity index (χ4v) is 2.08. The largest absolute Gasteiger partial charge is 0.481 e. The number of aromatic nitrogens is 2. The van der Waals surface area contributed by atoms with Crippen LogP contribution in [0.5, 0.6) is 0 Å². The second kappa shape index (κ2) is 5.80. The molecule has 1 aromatic heterocycles. The summed E-state index contributed by atoms with van der Waals surface area (Å²) in [6, 6.07) is 0. The molecule has 5 heteroatoms. The van der Waals surface area contributed by atoms with E-state index in [0.29, 0.717) is 0 Å². The van der Waals surface area contributed by atoms with Crippen LogP contribution in [-0.2, 0) is 17.1 Å². The maximum absolute atomic E-state index is 10.4. The predicted molar refractivity (Wildman–Crippen MR) is 60.9 cm³/mol. The topological polar surface area (TPSA) is 55.1 Å². The van der Waals surface area contributed by atoms with E-state index in [0.717, 1.165) is 17.9 Å². The van der Waals surface area contributed by atoms with Gasteiger partial charge in [0.15, 0.2) is 0 Å². The normalized spacial score (nSPS) is 12.7. The molecule has 1 unspecified atom stereocenters. The van der Waals surface area contributed by atoms with Crippen LogP contribution in [0.25, 0.3) is 0 Å². The average Bonchev–Trinajstić information content (AvgIpc) is 2.61. The minimum Gasteiger partial charge on any atom is -0.481 e. The van der Waals surface area contributed by atoms with Crippen molar-refractivity contribution in [1.29, 1.82) is 0 Å². The van der Waals surface area contributed by atoms with Gasteiger partial charge in [0.2, 0.25) is 0 Å². The van der Waals surface area contributed by atoms with Crippen molar-refractivity contribution in [1.82, 2.24) is 9.78 Å². The van der Waals surface area contributed by atoms with Gasteiger partial charge in [-0.3, -0.25) is 9.48 Å². The maximum Gasteiger partial charge on any atom is 0.304 e. The lowest BCUT2D eigenvalue weighted by Crippen LogP contribution is -2.05. The van der Waals surface area contributed by atoms with Gasteiger partial charge >= 0.3 is 5.97 Å². The van der Waals surface area contributed by atoms with E-state index in [-0.39, 0.29) is 11.7 Å². The molecule has 0 spiro atoms. The fraction of sp³-hybridized carbons (Fsp3) is 0.600. The second-order valence-electron chi connectivity index (χ2n) is 3.42. The van der Waals surface area contributed by atoms with Crippen LogP contribution in [0.4, 0.5) is 0 Å². The van der Waals surface area contributed by atoms with E-state index >= 15 is 0 Å². The number of rotatable bonds is 6. The Balaban J connectivity index is 2.33. The summed E-state index contributed by atoms with van der Waals surface area (Å²) in [4.78, 5) is 10.4. The molecule has 0 amide bonds. The highest BCUT2D eigenvalue weighted by Gasteiger charge is 2.08. The number of aryl methyl sites for hydroxylation is 1. The number of carbonyl (C=O) groups is 1. The van der Waals surface area contributed by atoms with Gasteiger partial charge in [0.1, 0.15) is 0 Å². The van der Waals surface area contributed by atoms with Crippen molar-refractivity contribution in [2.45, 2.75) is 37.8 Å². The molecule has 0 aliphatic rings. The van der Waals surface area contributed by atoms with Gasteiger partial charge in [-0.05, 0) is 12.5 Å². The van der Waals surface area contributed by atoms with Gasteiger partial charge in [-0.1, -0.05) is 6.92 Å². The molecule has 1 aromatic rings. The first-order chi connectivity index (χ1) is 7.11. The van der Waals surface area contributed by atoms with Crippen LogP contribution in [0.2, 0.25) is 0 Å². The van der Waals surface area contributed by atoms with Gasteiger partial charge < -0.3 is 5.11 Å². The number of nitrogens with zero attached hydrogens (tertiary/aromatic N) is 2. The van der Waals surface area contributed by atoms with E-state index in [1.165, 1.54) is 0 Å². The van der Waals surface area contributed by atoms with Gasteiger partial charge in [0.05, 0.1) is 12.6 Å². The Morgan fingerprint density at radius 2 is 2.47 bits per heavy atom. The molecule has 0 saturated carbocycles. The third kappa shape index (κ3) is 4.38. The molecular formula is C10H16N2O2S. The Bertz CT molecular complexity index is 325. The highest BCUT2D eigenvalue weighted by atomic mass is 32.2. The first kappa shape index (κ1) is 12.1. The second-order valence-corrected chi connectivity index (χ2v) is 4.85. The lowest BCUT2D eigenvalue weighted by molar-refractivity contribution is -0.136. The van der Waals surface area contributed by atoms with Gasteiger partial charge in [-0.15, -0.1) is 0 Å². The minimum atomic E-state index is -0.737. The summed E-state index contributed by atoms with van der Waals surface area (Å²) in [5.41, 5.74) is 1.15. The Kier molecular flexibility index (Phi) is 4.68. The van der Waals surface area contributed by atoms with Gasteiger partial charge in [0.25, 0.3) is 0 Å². The molecule has 0 bridgehead atoms. The van der Waals surface area contributed by atoms with Crippen LogP contribution in [0, 0.1) is 0 Å². The molecule has 1 atom stereocenters. The van der Waals surface area contributed by atoms with Crippen molar-refractivity contribution in [2.24, 2.45) is 0 Å². The maximum atomic E-state index is 10.4. The van der Waals surface area contributed by atoms with E-state index in [2.05, 4.69) is 5.10 Å². The fourth-order valence-electron chi connectivity index (χ4n) is 1.20. The molecule has 1 rings (SSSR count). The lowest BCUT2D eigenvalue weighted by atomic mass is 10.3. The highest BCUT2D eigenvalue weighted by molar-refractivity contribution is 7.99. The number of hydrogen-bond acceptors (Lipinski definition) is 3. The summed E-state index contributed by atoms with van der Waals surface area (Å²) in [7, 11) is 0. The quantitative estimate of drug-likeness (QED) is 0.809. The molecule has 84 valence electrons. The number of thioether (sulfide) groups is 1. The van der Waals surface area contributed by atoms with Crippen LogP contribution < -0.4 is 0 Å². The third-order valence-electron chi connectivity index (χ3n) is 2.01. The average molecular weight is 228 g/mol. The third-order valence-corrected chi connectivity index (χ3v) is 3.24. The van der Waals surface area contributed by atoms with E-state index in [9.17, 15) is 4.79 Å². The minimum absolute atomic E-state index is 0.146. The molecular weight excluding hydrogens is 212 g/mol. The Labute approximate surface area is 93.7 Å². The predicted octanol–water partition coefficient (Wildman–Crippen LogP) is 2.00. The summed E-state index contributed by atoms with van der Waals surface area (Å²) >= 11 is 1.65. The number of aliphatic carboxylic acids is 1. The summed E-state index contributed by atoms with van der Waals surface area (Å²) in [5.74, 6) is 0.0910. The summed E-state index contributed by atoms with van der Waals surface area (Å²) < 4.78 is 1.87. The van der Waals surface area contributed by atoms with Crippen LogP contribution in [0.1, 0.15) is 25.8 Å². The van der Waals surface area contributed by atoms with Crippen LogP contribution in [-0.4, -0.2) is 26.1 Å². The standard InChI is InChI=1S/C10H16N2O2S/c1-3-12-6-9(5-11-12)7-15-8(2)4-10(13)14/h5-6,8H,3-4,7H2,1-2H3,(H,13,14). The van der Waals surface area contributed by atoms with Crippen LogP contribution in [0.3, 0.4) is 0 Å². The highest BCUT2D eigenvalue weighted by Crippen LogP contribution is 2.19. The zero-order chi connectivity index (χ0) is 11.3. The molecule has 0 saturated heterocycles. The van der Waals surface area contributed by atoms with Crippen molar-refractivity contribution < 1.29 is 9.90 Å². The Hall–Kier alpha value is -0.970. The SMILES string of the molecule is CCn1cc(CSC(C)CC(=O)O)cn1. The van der Waals surface area contributed by atoms with E-state index in [4.69, 9.17) is 5.11 Å². The Morgan fingerprint density at radius 1 is 1.73 bits per heavy atom. The molecule has 1 heterocycles. The van der Waals surface area contributed by atoms with E-state index in [1.54, 1.807) is 11.8 Å². The van der Waals surface area contributed by atoms with E-state index in [1.807, 2.05) is 30.9 Å². The molecule has 15 heavy (non-hydrogen) atoms. The first-order valence-corrected chi connectivity index (χ1v) is 6.01. The van der Waals surface area contributed by atoms with Crippen LogP contribution in [0.15, 0.2) is 12.4 Å². The summed E-state index contributed by atoms with van der Waals surface area (Å²) in [5, 5.41) is 12.9. The molecule has 0 aliphatic heterocycles. The lowest BCUT2D eigenvalue weighted by Gasteiger charge is -2.06. The molecule has 4 nitrogen and oxygen atoms in total. The number of carboxylic acids is 1. The first-order valence-electron chi connectivity index (χ1n) is 4.96.